The zero-order chi connectivity index (χ0) is 27.4. The van der Waals surface area contributed by atoms with Gasteiger partial charge in [-0.25, -0.2) is 24.9 Å². The van der Waals surface area contributed by atoms with E-state index in [-0.39, 0.29) is 37.5 Å². The number of alkyl halides is 6. The van der Waals surface area contributed by atoms with Crippen LogP contribution in [-0.4, -0.2) is 51.8 Å². The highest BCUT2D eigenvalue weighted by atomic mass is 19.4. The number of carbonyl (C=O) groups is 1. The number of carbonyl (C=O) groups excluding carboxylic acids is 1. The summed E-state index contributed by atoms with van der Waals surface area (Å²) in [5, 5.41) is 7.39. The maximum Gasteiger partial charge on any atom is 0.423 e. The molecule has 3 N–H and O–H groups in total. The summed E-state index contributed by atoms with van der Waals surface area (Å²) in [6.45, 7) is 1.29. The summed E-state index contributed by atoms with van der Waals surface area (Å²) in [7, 11) is 0. The van der Waals surface area contributed by atoms with Crippen LogP contribution in [0.5, 0.6) is 0 Å². The van der Waals surface area contributed by atoms with Gasteiger partial charge in [-0.05, 0) is 25.3 Å². The number of hydrogen-bond donors (Lipinski definition) is 3. The molecule has 0 bridgehead atoms. The molecule has 0 saturated carbocycles. The molecule has 0 aromatic carbocycles. The van der Waals surface area contributed by atoms with Crippen molar-refractivity contribution in [3.63, 3.8) is 0 Å². The van der Waals surface area contributed by atoms with Crippen molar-refractivity contribution in [2.24, 2.45) is 0 Å². The van der Waals surface area contributed by atoms with Crippen molar-refractivity contribution in [1.82, 2.24) is 25.6 Å². The van der Waals surface area contributed by atoms with E-state index >= 15 is 0 Å². The first-order valence-electron chi connectivity index (χ1n) is 10.6. The Kier molecular flexibility index (Phi) is 8.35. The third kappa shape index (κ3) is 7.14. The van der Waals surface area contributed by atoms with Gasteiger partial charge in [0.25, 0.3) is 5.56 Å². The van der Waals surface area contributed by atoms with Crippen LogP contribution in [0.25, 0.3) is 0 Å². The van der Waals surface area contributed by atoms with E-state index in [9.17, 15) is 40.3 Å². The number of nitrogens with one attached hydrogen (secondary N) is 3. The average Bonchev–Trinajstić information content (AvgIpc) is 2.82. The third-order valence-electron chi connectivity index (χ3n) is 5.16. The minimum absolute atomic E-state index is 0.0333. The standard InChI is InChI=1S/C20H20F7N7O3/c1-10(31-13-8-30-32-16(35)14(13)20(25,26)27)9-37-33-17(36)15(21)11-2-4-34(5-3-11)18-28-6-12(7-29-18)19(22,23)24/h6-8,10H,2-5,9H2,1H3,(H,33,36)(H2,31,32,35). The molecule has 1 fully saturated rings. The molecule has 2 aromatic rings. The van der Waals surface area contributed by atoms with Crippen LogP contribution in [0.2, 0.25) is 0 Å². The van der Waals surface area contributed by atoms with Crippen LogP contribution in [0.15, 0.2) is 34.8 Å². The highest BCUT2D eigenvalue weighted by molar-refractivity contribution is 5.91. The number of hydrogen-bond acceptors (Lipinski definition) is 8. The van der Waals surface area contributed by atoms with Gasteiger partial charge in [0.2, 0.25) is 5.95 Å². The summed E-state index contributed by atoms with van der Waals surface area (Å²) in [6, 6.07) is -0.854. The molecule has 1 aliphatic heterocycles. The van der Waals surface area contributed by atoms with Crippen LogP contribution >= 0.6 is 0 Å². The number of piperidine rings is 1. The van der Waals surface area contributed by atoms with E-state index in [2.05, 4.69) is 20.4 Å². The topological polar surface area (TPSA) is 125 Å². The van der Waals surface area contributed by atoms with Crippen molar-refractivity contribution in [3.8, 4) is 0 Å². The molecule has 1 unspecified atom stereocenters. The number of halogens is 7. The molecule has 37 heavy (non-hydrogen) atoms. The van der Waals surface area contributed by atoms with E-state index in [1.54, 1.807) is 5.10 Å². The molecule has 3 rings (SSSR count). The zero-order valence-corrected chi connectivity index (χ0v) is 19.0. The highest BCUT2D eigenvalue weighted by Gasteiger charge is 2.37. The Morgan fingerprint density at radius 3 is 2.30 bits per heavy atom. The lowest BCUT2D eigenvalue weighted by Gasteiger charge is -2.28. The van der Waals surface area contributed by atoms with Crippen molar-refractivity contribution in [2.45, 2.75) is 38.2 Å². The van der Waals surface area contributed by atoms with Crippen molar-refractivity contribution >= 4 is 17.5 Å². The first-order chi connectivity index (χ1) is 17.3. The van der Waals surface area contributed by atoms with Gasteiger partial charge in [-0.15, -0.1) is 0 Å². The van der Waals surface area contributed by atoms with Crippen LogP contribution < -0.4 is 21.3 Å². The molecule has 0 aliphatic carbocycles. The maximum atomic E-state index is 14.5. The Hall–Kier alpha value is -3.76. The van der Waals surface area contributed by atoms with Gasteiger partial charge in [-0.3, -0.25) is 14.4 Å². The molecule has 202 valence electrons. The predicted octanol–water partition coefficient (Wildman–Crippen LogP) is 2.97. The van der Waals surface area contributed by atoms with Crippen LogP contribution in [0.3, 0.4) is 0 Å². The van der Waals surface area contributed by atoms with Gasteiger partial charge in [0.1, 0.15) is 5.56 Å². The van der Waals surface area contributed by atoms with E-state index in [1.165, 1.54) is 11.8 Å². The minimum Gasteiger partial charge on any atom is -0.378 e. The first-order valence-corrected chi connectivity index (χ1v) is 10.6. The zero-order valence-electron chi connectivity index (χ0n) is 19.0. The number of H-pyrrole nitrogens is 1. The number of rotatable bonds is 7. The quantitative estimate of drug-likeness (QED) is 0.279. The summed E-state index contributed by atoms with van der Waals surface area (Å²) >= 11 is 0. The summed E-state index contributed by atoms with van der Waals surface area (Å²) in [5.41, 5.74) is -2.54. The number of aromatic nitrogens is 4. The van der Waals surface area contributed by atoms with E-state index in [0.717, 1.165) is 6.20 Å². The van der Waals surface area contributed by atoms with Gasteiger partial charge in [-0.2, -0.15) is 31.4 Å². The van der Waals surface area contributed by atoms with Crippen LogP contribution in [-0.2, 0) is 22.0 Å². The van der Waals surface area contributed by atoms with Crippen LogP contribution in [0.4, 0.5) is 42.4 Å². The molecule has 1 amide bonds. The second-order valence-corrected chi connectivity index (χ2v) is 7.95. The smallest absolute Gasteiger partial charge is 0.378 e. The number of hydroxylamine groups is 1. The highest BCUT2D eigenvalue weighted by Crippen LogP contribution is 2.32. The monoisotopic (exact) mass is 539 g/mol. The lowest BCUT2D eigenvalue weighted by Crippen LogP contribution is -2.35. The molecular formula is C20H20F7N7O3. The first kappa shape index (κ1) is 27.8. The Balaban J connectivity index is 1.50. The SMILES string of the molecule is CC(CONC(=O)C(F)=C1CCN(c2ncc(C(F)(F)F)cn2)CC1)Nc1cn[nH]c(=O)c1C(F)(F)F. The maximum absolute atomic E-state index is 14.5. The van der Waals surface area contributed by atoms with Gasteiger partial charge < -0.3 is 10.2 Å². The predicted molar refractivity (Wildman–Crippen MR) is 114 cm³/mol. The van der Waals surface area contributed by atoms with Crippen molar-refractivity contribution in [2.75, 3.05) is 29.9 Å². The lowest BCUT2D eigenvalue weighted by atomic mass is 10.0. The normalized spacial score (nSPS) is 15.4. The average molecular weight is 539 g/mol. The number of amides is 1. The molecule has 2 aromatic heterocycles. The number of aromatic amines is 1. The summed E-state index contributed by atoms with van der Waals surface area (Å²) in [6.07, 6.45) is -7.33. The fourth-order valence-electron chi connectivity index (χ4n) is 3.36. The fraction of sp³-hybridized carbons (Fsp3) is 0.450. The lowest BCUT2D eigenvalue weighted by molar-refractivity contribution is -0.139. The molecule has 17 heteroatoms. The largest absolute Gasteiger partial charge is 0.423 e. The molecule has 1 saturated heterocycles. The molecule has 3 heterocycles. The minimum atomic E-state index is -4.95. The molecule has 0 spiro atoms. The van der Waals surface area contributed by atoms with E-state index < -0.39 is 59.1 Å². The van der Waals surface area contributed by atoms with Crippen molar-refractivity contribution in [3.05, 3.63) is 51.5 Å². The second kappa shape index (κ2) is 11.1. The Labute approximate surface area is 203 Å². The molecule has 10 nitrogen and oxygen atoms in total. The number of anilines is 2. The van der Waals surface area contributed by atoms with Crippen molar-refractivity contribution in [1.29, 1.82) is 0 Å². The summed E-state index contributed by atoms with van der Waals surface area (Å²) < 4.78 is 91.7. The molecule has 1 aliphatic rings. The molecular weight excluding hydrogens is 519 g/mol. The Bertz CT molecular complexity index is 1190. The van der Waals surface area contributed by atoms with Gasteiger partial charge >= 0.3 is 18.3 Å². The van der Waals surface area contributed by atoms with E-state index in [0.29, 0.717) is 12.4 Å². The van der Waals surface area contributed by atoms with Crippen molar-refractivity contribution < 1.29 is 40.4 Å². The number of nitrogens with zero attached hydrogens (tertiary/aromatic N) is 4. The Morgan fingerprint density at radius 1 is 1.11 bits per heavy atom. The molecule has 0 radical (unpaired) electrons. The van der Waals surface area contributed by atoms with E-state index in [4.69, 9.17) is 4.84 Å². The van der Waals surface area contributed by atoms with E-state index in [1.807, 2.05) is 5.48 Å². The van der Waals surface area contributed by atoms with Gasteiger partial charge in [0.05, 0.1) is 24.1 Å². The van der Waals surface area contributed by atoms with Crippen LogP contribution in [0, 0.1) is 0 Å². The fourth-order valence-corrected chi connectivity index (χ4v) is 3.36. The second-order valence-electron chi connectivity index (χ2n) is 7.95. The molecule has 1 atom stereocenters. The third-order valence-corrected chi connectivity index (χ3v) is 5.16. The summed E-state index contributed by atoms with van der Waals surface area (Å²) in [5.74, 6) is -2.30. The van der Waals surface area contributed by atoms with Gasteiger partial charge in [0.15, 0.2) is 5.83 Å². The van der Waals surface area contributed by atoms with Gasteiger partial charge in [-0.1, -0.05) is 0 Å². The Morgan fingerprint density at radius 2 is 1.73 bits per heavy atom. The van der Waals surface area contributed by atoms with Crippen LogP contribution in [0.1, 0.15) is 30.9 Å². The summed E-state index contributed by atoms with van der Waals surface area (Å²) in [4.78, 5) is 37.3. The van der Waals surface area contributed by atoms with Gasteiger partial charge in [0, 0.05) is 31.5 Å².